The average molecular weight is 575 g/mol. The zero-order valence-electron chi connectivity index (χ0n) is 24.2. The smallest absolute Gasteiger partial charge is 0.261 e. The first kappa shape index (κ1) is 26.0. The number of amides is 4. The van der Waals surface area contributed by atoms with Crippen LogP contribution in [0.2, 0.25) is 0 Å². The van der Waals surface area contributed by atoms with E-state index in [0.717, 1.165) is 61.2 Å². The third kappa shape index (κ3) is 3.61. The second-order valence-corrected chi connectivity index (χ2v) is 11.6. The lowest BCUT2D eigenvalue weighted by molar-refractivity contribution is -0.122. The van der Waals surface area contributed by atoms with Crippen LogP contribution in [-0.2, 0) is 4.79 Å². The molecule has 0 bridgehead atoms. The molecule has 0 spiro atoms. The van der Waals surface area contributed by atoms with E-state index in [1.54, 1.807) is 13.1 Å². The van der Waals surface area contributed by atoms with Gasteiger partial charge in [0.15, 0.2) is 0 Å². The molecular formula is C38H26N2O4. The van der Waals surface area contributed by atoms with Crippen molar-refractivity contribution in [2.45, 2.75) is 12.8 Å². The van der Waals surface area contributed by atoms with Gasteiger partial charge in [-0.3, -0.25) is 29.0 Å². The van der Waals surface area contributed by atoms with Gasteiger partial charge < -0.3 is 0 Å². The molecule has 6 nitrogen and oxygen atoms in total. The zero-order valence-corrected chi connectivity index (χ0v) is 24.2. The van der Waals surface area contributed by atoms with Gasteiger partial charge in [-0.15, -0.1) is 0 Å². The minimum atomic E-state index is -0.282. The maximum absolute atomic E-state index is 12.9. The summed E-state index contributed by atoms with van der Waals surface area (Å²) < 4.78 is 0. The highest BCUT2D eigenvalue weighted by Gasteiger charge is 2.32. The summed E-state index contributed by atoms with van der Waals surface area (Å²) in [5, 5.41) is 3.35. The topological polar surface area (TPSA) is 74.8 Å². The van der Waals surface area contributed by atoms with Gasteiger partial charge in [-0.1, -0.05) is 78.9 Å². The van der Waals surface area contributed by atoms with Gasteiger partial charge in [0, 0.05) is 47.0 Å². The summed E-state index contributed by atoms with van der Waals surface area (Å²) in [5.41, 5.74) is 8.73. The van der Waals surface area contributed by atoms with E-state index in [4.69, 9.17) is 0 Å². The summed E-state index contributed by atoms with van der Waals surface area (Å²) in [6.45, 7) is 0. The Morgan fingerprint density at radius 3 is 1.66 bits per heavy atom. The van der Waals surface area contributed by atoms with E-state index in [9.17, 15) is 19.2 Å². The molecule has 0 fully saturated rings. The van der Waals surface area contributed by atoms with Crippen molar-refractivity contribution in [2.75, 3.05) is 14.1 Å². The number of hydrogen-bond donors (Lipinski definition) is 0. The molecule has 0 saturated carbocycles. The first-order valence-corrected chi connectivity index (χ1v) is 14.6. The van der Waals surface area contributed by atoms with Crippen LogP contribution >= 0.6 is 0 Å². The Balaban J connectivity index is 1.15. The zero-order chi connectivity index (χ0) is 30.3. The first-order chi connectivity index (χ1) is 21.3. The van der Waals surface area contributed by atoms with Crippen LogP contribution in [0.25, 0.3) is 44.2 Å². The van der Waals surface area contributed by atoms with Gasteiger partial charge in [-0.2, -0.15) is 0 Å². The van der Waals surface area contributed by atoms with E-state index in [0.29, 0.717) is 28.5 Å². The fraction of sp³-hybridized carbons (Fsp3) is 0.105. The van der Waals surface area contributed by atoms with Gasteiger partial charge >= 0.3 is 0 Å². The largest absolute Gasteiger partial charge is 0.278 e. The lowest BCUT2D eigenvalue weighted by Gasteiger charge is -2.26. The fourth-order valence-electron chi connectivity index (χ4n) is 6.98. The van der Waals surface area contributed by atoms with Crippen LogP contribution in [0.15, 0.2) is 97.1 Å². The van der Waals surface area contributed by atoms with E-state index in [-0.39, 0.29) is 23.6 Å². The van der Waals surface area contributed by atoms with Gasteiger partial charge in [0.25, 0.3) is 23.6 Å². The molecule has 0 saturated heterocycles. The summed E-state index contributed by atoms with van der Waals surface area (Å²) in [5.74, 6) is -1.01. The van der Waals surface area contributed by atoms with Crippen molar-refractivity contribution < 1.29 is 19.2 Å². The number of imide groups is 2. The quantitative estimate of drug-likeness (QED) is 0.279. The SMILES string of the molecule is CN1C(=O)C2=c3c(cccc3=C(c3ccc(-c4ccc(-c5ccc6c7c(cccc57)C(=O)N(C)C6=O)cc4)cc3)CC2)C1=O. The van der Waals surface area contributed by atoms with E-state index >= 15 is 0 Å². The van der Waals surface area contributed by atoms with Gasteiger partial charge in [0.1, 0.15) is 0 Å². The minimum absolute atomic E-state index is 0.199. The Bertz CT molecular complexity index is 2240. The third-order valence-electron chi connectivity index (χ3n) is 9.29. The van der Waals surface area contributed by atoms with Crippen LogP contribution in [0.4, 0.5) is 0 Å². The highest BCUT2D eigenvalue weighted by molar-refractivity contribution is 6.27. The molecule has 2 aliphatic heterocycles. The van der Waals surface area contributed by atoms with Crippen LogP contribution in [0.3, 0.4) is 0 Å². The van der Waals surface area contributed by atoms with E-state index in [2.05, 4.69) is 48.5 Å². The summed E-state index contributed by atoms with van der Waals surface area (Å²) >= 11 is 0. The van der Waals surface area contributed by atoms with Gasteiger partial charge in [0.05, 0.1) is 0 Å². The Hall–Kier alpha value is -5.62. The van der Waals surface area contributed by atoms with Gasteiger partial charge in [0.2, 0.25) is 0 Å². The second-order valence-electron chi connectivity index (χ2n) is 11.6. The average Bonchev–Trinajstić information content (AvgIpc) is 3.07. The molecule has 1 aliphatic carbocycles. The Morgan fingerprint density at radius 1 is 0.455 bits per heavy atom. The van der Waals surface area contributed by atoms with Crippen LogP contribution in [0.1, 0.15) is 49.5 Å². The van der Waals surface area contributed by atoms with Crippen molar-refractivity contribution in [3.8, 4) is 22.3 Å². The standard InChI is InChI=1S/C38H26N2O4/c1-39-35(41)29-7-3-5-27-25(17-19-31(33(27)29)37(39)43)23-13-9-21(10-14-23)22-11-15-24(16-12-22)26-18-20-32-34-28(26)6-4-8-30(34)36(42)40(2)38(32)44/h3-17,19H,18,20H2,1-2H3. The monoisotopic (exact) mass is 574 g/mol. The number of carbonyl (C=O) groups excluding carboxylic acids is 4. The van der Waals surface area contributed by atoms with Crippen molar-refractivity contribution in [2.24, 2.45) is 0 Å². The molecule has 44 heavy (non-hydrogen) atoms. The van der Waals surface area contributed by atoms with Crippen LogP contribution < -0.4 is 10.4 Å². The molecule has 0 N–H and O–H groups in total. The summed E-state index contributed by atoms with van der Waals surface area (Å²) in [7, 11) is 3.07. The van der Waals surface area contributed by atoms with E-state index < -0.39 is 0 Å². The lowest BCUT2D eigenvalue weighted by Crippen LogP contribution is -2.49. The number of carbonyl (C=O) groups is 4. The van der Waals surface area contributed by atoms with Crippen molar-refractivity contribution >= 4 is 45.5 Å². The second kappa shape index (κ2) is 9.44. The van der Waals surface area contributed by atoms with Crippen molar-refractivity contribution in [1.82, 2.24) is 9.80 Å². The maximum Gasteiger partial charge on any atom is 0.261 e. The van der Waals surface area contributed by atoms with Crippen LogP contribution in [0, 0.1) is 0 Å². The molecular weight excluding hydrogens is 548 g/mol. The normalized spacial score (nSPS) is 15.8. The van der Waals surface area contributed by atoms with Crippen molar-refractivity contribution in [3.63, 3.8) is 0 Å². The van der Waals surface area contributed by atoms with Crippen molar-refractivity contribution in [1.29, 1.82) is 0 Å². The van der Waals surface area contributed by atoms with Gasteiger partial charge in [-0.25, -0.2) is 0 Å². The predicted molar refractivity (Wildman–Crippen MR) is 169 cm³/mol. The predicted octanol–water partition coefficient (Wildman–Crippen LogP) is 5.16. The Kier molecular flexibility index (Phi) is 5.59. The molecule has 0 aromatic heterocycles. The molecule has 6 heteroatoms. The summed E-state index contributed by atoms with van der Waals surface area (Å²) in [6.07, 6.45) is 1.34. The maximum atomic E-state index is 12.9. The first-order valence-electron chi connectivity index (χ1n) is 14.6. The third-order valence-corrected chi connectivity index (χ3v) is 9.29. The molecule has 8 rings (SSSR count). The number of hydrogen-bond acceptors (Lipinski definition) is 4. The Labute approximate surface area is 253 Å². The Morgan fingerprint density at radius 2 is 0.955 bits per heavy atom. The molecule has 0 radical (unpaired) electrons. The molecule has 212 valence electrons. The molecule has 3 aliphatic rings. The highest BCUT2D eigenvalue weighted by Crippen LogP contribution is 2.37. The number of nitrogens with zero attached hydrogens (tertiary/aromatic N) is 2. The van der Waals surface area contributed by atoms with Gasteiger partial charge in [-0.05, 0) is 75.0 Å². The van der Waals surface area contributed by atoms with Crippen molar-refractivity contribution in [3.05, 3.63) is 130 Å². The molecule has 5 aromatic carbocycles. The lowest BCUT2D eigenvalue weighted by atomic mass is 9.85. The fourth-order valence-corrected chi connectivity index (χ4v) is 6.98. The molecule has 2 heterocycles. The number of benzene rings is 5. The summed E-state index contributed by atoms with van der Waals surface area (Å²) in [6, 6.07) is 31.8. The van der Waals surface area contributed by atoms with E-state index in [1.165, 1.54) is 16.8 Å². The molecule has 4 amide bonds. The summed E-state index contributed by atoms with van der Waals surface area (Å²) in [4.78, 5) is 53.7. The minimum Gasteiger partial charge on any atom is -0.278 e. The van der Waals surface area contributed by atoms with Crippen LogP contribution in [0.5, 0.6) is 0 Å². The molecule has 0 unspecified atom stereocenters. The molecule has 5 aromatic rings. The molecule has 0 atom stereocenters. The highest BCUT2D eigenvalue weighted by atomic mass is 16.2. The number of rotatable bonds is 3. The van der Waals surface area contributed by atoms with E-state index in [1.807, 2.05) is 42.5 Å². The van der Waals surface area contributed by atoms with Crippen LogP contribution in [-0.4, -0.2) is 47.5 Å².